The summed E-state index contributed by atoms with van der Waals surface area (Å²) in [5.74, 6) is 1.01. The molecule has 0 aromatic carbocycles. The average Bonchev–Trinajstić information content (AvgIpc) is 2.77. The topological polar surface area (TPSA) is 43.0 Å². The lowest BCUT2D eigenvalue weighted by Crippen LogP contribution is -2.70. The molecular weight excluding hydrogens is 371 g/mol. The molecule has 2 aliphatic carbocycles. The number of nitrogens with zero attached hydrogens (tertiary/aromatic N) is 1. The Balaban J connectivity index is 1.34. The van der Waals surface area contributed by atoms with Crippen LogP contribution in [-0.4, -0.2) is 80.9 Å². The number of morpholine rings is 1. The van der Waals surface area contributed by atoms with Crippen molar-refractivity contribution < 1.29 is 18.6 Å². The highest BCUT2D eigenvalue weighted by atomic mass is 19.1. The number of halogens is 1. The highest BCUT2D eigenvalue weighted by molar-refractivity contribution is 5.04. The smallest absolute Gasteiger partial charge is 0.101 e. The molecule has 1 spiro atoms. The van der Waals surface area contributed by atoms with Gasteiger partial charge in [0.1, 0.15) is 6.17 Å². The number of fused-ring (bicyclic) bond motifs is 5. The molecule has 4 saturated heterocycles. The molecule has 3 unspecified atom stereocenters. The van der Waals surface area contributed by atoms with E-state index in [4.69, 9.17) is 14.2 Å². The number of ether oxygens (including phenoxy) is 3. The molecule has 0 radical (unpaired) electrons. The Hall–Kier alpha value is -0.270. The van der Waals surface area contributed by atoms with Crippen LogP contribution in [0.4, 0.5) is 4.39 Å². The quantitative estimate of drug-likeness (QED) is 0.665. The Morgan fingerprint density at radius 3 is 2.69 bits per heavy atom. The first-order valence-electron chi connectivity index (χ1n) is 12.2. The van der Waals surface area contributed by atoms with Crippen LogP contribution in [-0.2, 0) is 14.2 Å². The van der Waals surface area contributed by atoms with Crippen molar-refractivity contribution in [2.75, 3.05) is 46.1 Å². The van der Waals surface area contributed by atoms with Crippen molar-refractivity contribution in [2.24, 2.45) is 11.8 Å². The lowest BCUT2D eigenvalue weighted by Gasteiger charge is -2.52. The Labute approximate surface area is 175 Å². The van der Waals surface area contributed by atoms with E-state index in [1.165, 1.54) is 19.3 Å². The number of rotatable bonds is 0. The molecule has 6 fully saturated rings. The lowest BCUT2D eigenvalue weighted by atomic mass is 9.71. The van der Waals surface area contributed by atoms with Gasteiger partial charge in [-0.05, 0) is 76.2 Å². The third-order valence-corrected chi connectivity index (χ3v) is 8.52. The van der Waals surface area contributed by atoms with Gasteiger partial charge in [-0.2, -0.15) is 0 Å². The lowest BCUT2D eigenvalue weighted by molar-refractivity contribution is -0.0944. The van der Waals surface area contributed by atoms with Crippen LogP contribution in [0.1, 0.15) is 57.8 Å². The van der Waals surface area contributed by atoms with Gasteiger partial charge in [0.2, 0.25) is 0 Å². The van der Waals surface area contributed by atoms with Crippen LogP contribution in [0.15, 0.2) is 0 Å². The monoisotopic (exact) mass is 410 g/mol. The fourth-order valence-electron chi connectivity index (χ4n) is 6.91. The summed E-state index contributed by atoms with van der Waals surface area (Å²) in [6.07, 6.45) is 9.18. The third-order valence-electron chi connectivity index (χ3n) is 8.52. The summed E-state index contributed by atoms with van der Waals surface area (Å²) in [6, 6.07) is 0.344. The standard InChI is InChI=1S/C23H39FN2O3/c24-18-4-7-21-20(14-18)17-2-5-19(6-3-17)29-15-22-23(16-27-12-9-25-23)8-1-10-26(22)11-13-28-21/h17-22,25H,1-16H2/t17?,18?,19?,20?,21?,22-,23+/m1/s1. The summed E-state index contributed by atoms with van der Waals surface area (Å²) in [5.41, 5.74) is 0.0166. The zero-order valence-corrected chi connectivity index (χ0v) is 17.8. The maximum Gasteiger partial charge on any atom is 0.101 e. The second kappa shape index (κ2) is 9.07. The van der Waals surface area contributed by atoms with Crippen molar-refractivity contribution in [3.63, 3.8) is 0 Å². The summed E-state index contributed by atoms with van der Waals surface area (Å²) in [4.78, 5) is 2.59. The third kappa shape index (κ3) is 4.38. The second-order valence-corrected chi connectivity index (χ2v) is 10.1. The highest BCUT2D eigenvalue weighted by Gasteiger charge is 2.47. The first-order valence-corrected chi connectivity index (χ1v) is 12.2. The summed E-state index contributed by atoms with van der Waals surface area (Å²) >= 11 is 0. The molecular formula is C23H39FN2O3. The largest absolute Gasteiger partial charge is 0.378 e. The molecule has 0 aromatic rings. The molecule has 6 rings (SSSR count). The molecule has 6 aliphatic rings. The predicted octanol–water partition coefficient (Wildman–Crippen LogP) is 2.92. The highest BCUT2D eigenvalue weighted by Crippen LogP contribution is 2.42. The van der Waals surface area contributed by atoms with E-state index in [-0.39, 0.29) is 11.6 Å². The molecule has 2 saturated carbocycles. The van der Waals surface area contributed by atoms with Gasteiger partial charge in [-0.25, -0.2) is 4.39 Å². The maximum absolute atomic E-state index is 14.2. The maximum atomic E-state index is 14.2. The average molecular weight is 411 g/mol. The van der Waals surface area contributed by atoms with Gasteiger partial charge in [-0.3, -0.25) is 4.90 Å². The number of alkyl halides is 1. The van der Waals surface area contributed by atoms with Crippen LogP contribution >= 0.6 is 0 Å². The van der Waals surface area contributed by atoms with Gasteiger partial charge in [-0.1, -0.05) is 0 Å². The Morgan fingerprint density at radius 1 is 0.966 bits per heavy atom. The minimum atomic E-state index is -0.631. The van der Waals surface area contributed by atoms with Crippen molar-refractivity contribution >= 4 is 0 Å². The van der Waals surface area contributed by atoms with E-state index in [1.54, 1.807) is 0 Å². The summed E-state index contributed by atoms with van der Waals surface area (Å²) < 4.78 is 33.2. The van der Waals surface area contributed by atoms with E-state index in [0.717, 1.165) is 71.7 Å². The van der Waals surface area contributed by atoms with Crippen LogP contribution in [0.25, 0.3) is 0 Å². The summed E-state index contributed by atoms with van der Waals surface area (Å²) in [7, 11) is 0. The van der Waals surface area contributed by atoms with Crippen molar-refractivity contribution in [1.29, 1.82) is 0 Å². The van der Waals surface area contributed by atoms with Gasteiger partial charge in [0.05, 0.1) is 50.2 Å². The van der Waals surface area contributed by atoms with Gasteiger partial charge >= 0.3 is 0 Å². The molecule has 0 aromatic heterocycles. The molecule has 5 atom stereocenters. The fraction of sp³-hybridized carbons (Fsp3) is 1.00. The number of hydrogen-bond acceptors (Lipinski definition) is 5. The molecule has 4 heterocycles. The molecule has 6 heteroatoms. The normalized spacial score (nSPS) is 47.5. The molecule has 2 bridgehead atoms. The van der Waals surface area contributed by atoms with Gasteiger partial charge < -0.3 is 19.5 Å². The number of hydrogen-bond donors (Lipinski definition) is 1. The Bertz CT molecular complexity index is 531. The van der Waals surface area contributed by atoms with Crippen LogP contribution in [0.5, 0.6) is 0 Å². The molecule has 1 N–H and O–H groups in total. The van der Waals surface area contributed by atoms with E-state index in [0.29, 0.717) is 36.8 Å². The van der Waals surface area contributed by atoms with Crippen LogP contribution < -0.4 is 5.32 Å². The van der Waals surface area contributed by atoms with Gasteiger partial charge in [-0.15, -0.1) is 0 Å². The molecule has 166 valence electrons. The van der Waals surface area contributed by atoms with Crippen molar-refractivity contribution in [3.8, 4) is 0 Å². The van der Waals surface area contributed by atoms with Gasteiger partial charge in [0.15, 0.2) is 0 Å². The minimum Gasteiger partial charge on any atom is -0.378 e. The first-order chi connectivity index (χ1) is 14.2. The predicted molar refractivity (Wildman–Crippen MR) is 110 cm³/mol. The molecule has 4 aliphatic heterocycles. The summed E-state index contributed by atoms with van der Waals surface area (Å²) in [5, 5.41) is 3.82. The van der Waals surface area contributed by atoms with E-state index >= 15 is 0 Å². The van der Waals surface area contributed by atoms with Crippen LogP contribution in [0.2, 0.25) is 0 Å². The van der Waals surface area contributed by atoms with Gasteiger partial charge in [0.25, 0.3) is 0 Å². The fourth-order valence-corrected chi connectivity index (χ4v) is 6.91. The summed E-state index contributed by atoms with van der Waals surface area (Å²) in [6.45, 7) is 6.10. The van der Waals surface area contributed by atoms with Crippen LogP contribution in [0, 0.1) is 11.8 Å². The number of nitrogens with one attached hydrogen (secondary N) is 1. The van der Waals surface area contributed by atoms with Crippen molar-refractivity contribution in [1.82, 2.24) is 10.2 Å². The van der Waals surface area contributed by atoms with Gasteiger partial charge in [0, 0.05) is 13.1 Å². The Kier molecular flexibility index (Phi) is 6.45. The minimum absolute atomic E-state index is 0.0166. The van der Waals surface area contributed by atoms with E-state index < -0.39 is 6.17 Å². The van der Waals surface area contributed by atoms with E-state index in [9.17, 15) is 4.39 Å². The molecule has 5 nitrogen and oxygen atoms in total. The zero-order chi connectivity index (χ0) is 19.7. The zero-order valence-electron chi connectivity index (χ0n) is 17.8. The second-order valence-electron chi connectivity index (χ2n) is 10.1. The SMILES string of the molecule is FC1CCC2OCCN3CCC[C@]4(COCCN4)[C@H]3COC3CCC(CC3)C2C1. The molecule has 29 heavy (non-hydrogen) atoms. The van der Waals surface area contributed by atoms with E-state index in [2.05, 4.69) is 10.2 Å². The molecule has 0 amide bonds. The van der Waals surface area contributed by atoms with Crippen molar-refractivity contribution in [2.45, 2.75) is 87.7 Å². The van der Waals surface area contributed by atoms with E-state index in [1.807, 2.05) is 0 Å². The Morgan fingerprint density at radius 2 is 1.86 bits per heavy atom. The first kappa shape index (κ1) is 20.6. The number of piperidine rings is 1. The van der Waals surface area contributed by atoms with Crippen molar-refractivity contribution in [3.05, 3.63) is 0 Å². The van der Waals surface area contributed by atoms with Crippen LogP contribution in [0.3, 0.4) is 0 Å².